The van der Waals surface area contributed by atoms with Crippen LogP contribution >= 0.6 is 0 Å². The molecule has 0 saturated carbocycles. The Balaban J connectivity index is 2.43. The summed E-state index contributed by atoms with van der Waals surface area (Å²) in [6.45, 7) is 12.6. The first kappa shape index (κ1) is 26.4. The van der Waals surface area contributed by atoms with E-state index in [1.165, 1.54) is 0 Å². The van der Waals surface area contributed by atoms with Crippen molar-refractivity contribution in [2.24, 2.45) is 5.11 Å². The molecule has 0 aromatic heterocycles. The highest BCUT2D eigenvalue weighted by Crippen LogP contribution is 2.15. The third-order valence-electron chi connectivity index (χ3n) is 4.29. The van der Waals surface area contributed by atoms with E-state index in [1.807, 2.05) is 0 Å². The Morgan fingerprint density at radius 2 is 1.52 bits per heavy atom. The normalized spacial score (nSPS) is 15.5. The number of azide groups is 1. The van der Waals surface area contributed by atoms with E-state index in [9.17, 15) is 14.4 Å². The highest BCUT2D eigenvalue weighted by molar-refractivity contribution is 5.82. The van der Waals surface area contributed by atoms with Crippen LogP contribution < -0.4 is 5.32 Å². The standard InChI is InChI=1S/C20H36N6O5/c1-19(2,3)30-17(28)22-10-8-7-9-15(23-24-21)16(27)25-11-13-26(14-12-25)18(29)31-20(4,5)6/h15H,7-14H2,1-6H3,(H,22,28)/t15-/m1/s1. The van der Waals surface area contributed by atoms with Gasteiger partial charge in [0.1, 0.15) is 17.2 Å². The topological polar surface area (TPSA) is 137 Å². The zero-order chi connectivity index (χ0) is 23.7. The van der Waals surface area contributed by atoms with Crippen molar-refractivity contribution in [1.82, 2.24) is 15.1 Å². The molecule has 0 radical (unpaired) electrons. The van der Waals surface area contributed by atoms with Crippen molar-refractivity contribution < 1.29 is 23.9 Å². The second-order valence-corrected chi connectivity index (χ2v) is 9.44. The zero-order valence-corrected chi connectivity index (χ0v) is 19.5. The number of amides is 3. The fourth-order valence-electron chi connectivity index (χ4n) is 2.91. The van der Waals surface area contributed by atoms with E-state index in [-0.39, 0.29) is 5.91 Å². The van der Waals surface area contributed by atoms with Crippen LogP contribution in [-0.4, -0.2) is 77.9 Å². The molecule has 0 aromatic carbocycles. The summed E-state index contributed by atoms with van der Waals surface area (Å²) in [5.74, 6) is -0.248. The van der Waals surface area contributed by atoms with E-state index < -0.39 is 29.4 Å². The average molecular weight is 441 g/mol. The lowest BCUT2D eigenvalue weighted by atomic mass is 10.1. The molecule has 11 heteroatoms. The number of hydrogen-bond donors (Lipinski definition) is 1. The minimum atomic E-state index is -0.806. The molecule has 3 amide bonds. The van der Waals surface area contributed by atoms with Crippen molar-refractivity contribution in [1.29, 1.82) is 0 Å². The van der Waals surface area contributed by atoms with Gasteiger partial charge in [-0.3, -0.25) is 4.79 Å². The van der Waals surface area contributed by atoms with Crippen LogP contribution in [0.5, 0.6) is 0 Å². The highest BCUT2D eigenvalue weighted by atomic mass is 16.6. The molecule has 1 saturated heterocycles. The van der Waals surface area contributed by atoms with Crippen LogP contribution in [0.2, 0.25) is 0 Å². The van der Waals surface area contributed by atoms with E-state index in [0.29, 0.717) is 52.0 Å². The van der Waals surface area contributed by atoms with Crippen LogP contribution in [0, 0.1) is 0 Å². The zero-order valence-electron chi connectivity index (χ0n) is 19.5. The Hall–Kier alpha value is -2.68. The number of rotatable bonds is 7. The van der Waals surface area contributed by atoms with E-state index >= 15 is 0 Å². The molecule has 1 heterocycles. The number of ether oxygens (including phenoxy) is 2. The van der Waals surface area contributed by atoms with Gasteiger partial charge in [0.15, 0.2) is 0 Å². The van der Waals surface area contributed by atoms with E-state index in [4.69, 9.17) is 15.0 Å². The van der Waals surface area contributed by atoms with E-state index in [1.54, 1.807) is 51.3 Å². The molecule has 11 nitrogen and oxygen atoms in total. The predicted octanol–water partition coefficient (Wildman–Crippen LogP) is 3.44. The number of hydrogen-bond acceptors (Lipinski definition) is 6. The van der Waals surface area contributed by atoms with Crippen molar-refractivity contribution in [2.45, 2.75) is 78.0 Å². The van der Waals surface area contributed by atoms with Crippen molar-refractivity contribution in [2.75, 3.05) is 32.7 Å². The lowest BCUT2D eigenvalue weighted by Crippen LogP contribution is -2.53. The van der Waals surface area contributed by atoms with Crippen molar-refractivity contribution >= 4 is 18.1 Å². The first-order chi connectivity index (χ1) is 14.3. The monoisotopic (exact) mass is 440 g/mol. The number of nitrogens with zero attached hydrogens (tertiary/aromatic N) is 5. The summed E-state index contributed by atoms with van der Waals surface area (Å²) in [6.07, 6.45) is 0.715. The highest BCUT2D eigenvalue weighted by Gasteiger charge is 2.30. The fourth-order valence-corrected chi connectivity index (χ4v) is 2.91. The molecule has 0 bridgehead atoms. The lowest BCUT2D eigenvalue weighted by molar-refractivity contribution is -0.134. The summed E-state index contributed by atoms with van der Waals surface area (Å²) in [7, 11) is 0. The Kier molecular flexibility index (Phi) is 9.90. The molecule has 31 heavy (non-hydrogen) atoms. The van der Waals surface area contributed by atoms with Gasteiger partial charge in [0.25, 0.3) is 0 Å². The molecule has 176 valence electrons. The van der Waals surface area contributed by atoms with Crippen LogP contribution in [0.15, 0.2) is 5.11 Å². The summed E-state index contributed by atoms with van der Waals surface area (Å²) < 4.78 is 10.5. The Morgan fingerprint density at radius 3 is 2.03 bits per heavy atom. The number of unbranched alkanes of at least 4 members (excludes halogenated alkanes) is 1. The molecule has 1 rings (SSSR count). The molecule has 1 fully saturated rings. The maximum atomic E-state index is 12.8. The van der Waals surface area contributed by atoms with E-state index in [2.05, 4.69) is 15.3 Å². The second-order valence-electron chi connectivity index (χ2n) is 9.44. The van der Waals surface area contributed by atoms with Crippen molar-refractivity contribution in [3.8, 4) is 0 Å². The van der Waals surface area contributed by atoms with Gasteiger partial charge < -0.3 is 24.6 Å². The molecule has 0 aromatic rings. The minimum absolute atomic E-state index is 0.248. The van der Waals surface area contributed by atoms with Crippen molar-refractivity contribution in [3.05, 3.63) is 10.4 Å². The van der Waals surface area contributed by atoms with Gasteiger partial charge in [-0.05, 0) is 59.9 Å². The molecule has 1 atom stereocenters. The van der Waals surface area contributed by atoms with Gasteiger partial charge in [-0.1, -0.05) is 11.5 Å². The molecule has 1 aliphatic heterocycles. The van der Waals surface area contributed by atoms with Gasteiger partial charge in [0.05, 0.1) is 0 Å². The summed E-state index contributed by atoms with van der Waals surface area (Å²) >= 11 is 0. The van der Waals surface area contributed by atoms with Crippen LogP contribution in [0.3, 0.4) is 0 Å². The van der Waals surface area contributed by atoms with Gasteiger partial charge in [-0.25, -0.2) is 9.59 Å². The summed E-state index contributed by atoms with van der Waals surface area (Å²) in [6, 6.07) is -0.806. The third kappa shape index (κ3) is 10.8. The maximum Gasteiger partial charge on any atom is 0.410 e. The number of nitrogens with one attached hydrogen (secondary N) is 1. The largest absolute Gasteiger partial charge is 0.444 e. The van der Waals surface area contributed by atoms with Gasteiger partial charge in [0, 0.05) is 37.6 Å². The predicted molar refractivity (Wildman–Crippen MR) is 115 cm³/mol. The molecule has 0 spiro atoms. The van der Waals surface area contributed by atoms with Gasteiger partial charge in [-0.15, -0.1) is 0 Å². The van der Waals surface area contributed by atoms with Crippen LogP contribution in [0.25, 0.3) is 10.4 Å². The fraction of sp³-hybridized carbons (Fsp3) is 0.850. The summed E-state index contributed by atoms with van der Waals surface area (Å²) in [5, 5.41) is 6.31. The summed E-state index contributed by atoms with van der Waals surface area (Å²) in [5.41, 5.74) is 7.70. The average Bonchev–Trinajstić information content (AvgIpc) is 2.63. The Bertz CT molecular complexity index is 671. The lowest BCUT2D eigenvalue weighted by Gasteiger charge is -2.36. The maximum absolute atomic E-state index is 12.8. The van der Waals surface area contributed by atoms with Crippen LogP contribution in [0.1, 0.15) is 60.8 Å². The Morgan fingerprint density at radius 1 is 0.968 bits per heavy atom. The smallest absolute Gasteiger partial charge is 0.410 e. The van der Waals surface area contributed by atoms with Crippen LogP contribution in [0.4, 0.5) is 9.59 Å². The number of carbonyl (C=O) groups excluding carboxylic acids is 3. The molecular weight excluding hydrogens is 404 g/mol. The molecule has 1 N–H and O–H groups in total. The number of carbonyl (C=O) groups is 3. The third-order valence-corrected chi connectivity index (χ3v) is 4.29. The van der Waals surface area contributed by atoms with Gasteiger partial charge in [-0.2, -0.15) is 0 Å². The second kappa shape index (κ2) is 11.6. The minimum Gasteiger partial charge on any atom is -0.444 e. The molecule has 0 aliphatic carbocycles. The number of alkyl carbamates (subject to hydrolysis) is 1. The first-order valence-corrected chi connectivity index (χ1v) is 10.6. The SMILES string of the molecule is CC(C)(C)OC(=O)NCCCC[C@@H](N=[N+]=[N-])C(=O)N1CCN(C(=O)OC(C)(C)C)CC1. The van der Waals surface area contributed by atoms with Crippen molar-refractivity contribution in [3.63, 3.8) is 0 Å². The van der Waals surface area contributed by atoms with Crippen LogP contribution in [-0.2, 0) is 14.3 Å². The molecule has 0 unspecified atom stereocenters. The van der Waals surface area contributed by atoms with E-state index in [0.717, 1.165) is 0 Å². The van der Waals surface area contributed by atoms with Gasteiger partial charge in [0.2, 0.25) is 5.91 Å². The first-order valence-electron chi connectivity index (χ1n) is 10.6. The quantitative estimate of drug-likeness (QED) is 0.280. The van der Waals surface area contributed by atoms with Gasteiger partial charge >= 0.3 is 12.2 Å². The molecular formula is C20H36N6O5. The molecule has 1 aliphatic rings. The summed E-state index contributed by atoms with van der Waals surface area (Å²) in [4.78, 5) is 42.5. The Labute approximate surface area is 184 Å². The number of piperazine rings is 1.